The van der Waals surface area contributed by atoms with E-state index in [-0.39, 0.29) is 5.41 Å². The van der Waals surface area contributed by atoms with Gasteiger partial charge in [-0.05, 0) is 102 Å². The molecule has 0 nitrogen and oxygen atoms in total. The fourth-order valence-corrected chi connectivity index (χ4v) is 6.91. The number of hydrogen-bond acceptors (Lipinski definition) is 0. The highest BCUT2D eigenvalue weighted by atomic mass is 14.4. The summed E-state index contributed by atoms with van der Waals surface area (Å²) in [6.07, 6.45) is 0. The zero-order valence-corrected chi connectivity index (χ0v) is 22.0. The smallest absolute Gasteiger partial charge is 0.0159 e. The van der Waals surface area contributed by atoms with E-state index in [1.165, 1.54) is 82.0 Å². The van der Waals surface area contributed by atoms with E-state index in [4.69, 9.17) is 0 Å². The van der Waals surface area contributed by atoms with Crippen molar-refractivity contribution in [3.63, 3.8) is 0 Å². The van der Waals surface area contributed by atoms with Gasteiger partial charge in [0.25, 0.3) is 0 Å². The summed E-state index contributed by atoms with van der Waals surface area (Å²) in [6, 6.07) is 43.2. The van der Waals surface area contributed by atoms with Gasteiger partial charge < -0.3 is 0 Å². The third-order valence-corrected chi connectivity index (χ3v) is 8.82. The largest absolute Gasteiger partial charge is 0.0616 e. The van der Waals surface area contributed by atoms with Crippen molar-refractivity contribution in [1.29, 1.82) is 0 Å². The van der Waals surface area contributed by atoms with Gasteiger partial charge in [-0.15, -0.1) is 0 Å². The highest BCUT2D eigenvalue weighted by Crippen LogP contribution is 2.50. The topological polar surface area (TPSA) is 0 Å². The molecule has 0 radical (unpaired) electrons. The molecule has 0 N–H and O–H groups in total. The third-order valence-electron chi connectivity index (χ3n) is 8.82. The van der Waals surface area contributed by atoms with Crippen LogP contribution in [0, 0.1) is 6.92 Å². The molecule has 0 aliphatic heterocycles. The lowest BCUT2D eigenvalue weighted by Gasteiger charge is -2.23. The maximum absolute atomic E-state index is 2.44. The van der Waals surface area contributed by atoms with Gasteiger partial charge in [0, 0.05) is 5.41 Å². The molecule has 7 aromatic rings. The minimum atomic E-state index is -0.00777. The van der Waals surface area contributed by atoms with E-state index in [1.54, 1.807) is 0 Å². The van der Waals surface area contributed by atoms with Gasteiger partial charge in [-0.2, -0.15) is 0 Å². The molecule has 0 unspecified atom stereocenters. The Balaban J connectivity index is 1.28. The van der Waals surface area contributed by atoms with Gasteiger partial charge in [0.2, 0.25) is 0 Å². The molecule has 0 amide bonds. The quantitative estimate of drug-likeness (QED) is 0.214. The molecule has 38 heavy (non-hydrogen) atoms. The van der Waals surface area contributed by atoms with Crippen molar-refractivity contribution in [2.45, 2.75) is 26.2 Å². The first-order valence-electron chi connectivity index (χ1n) is 13.5. The van der Waals surface area contributed by atoms with Crippen molar-refractivity contribution in [2.24, 2.45) is 0 Å². The molecule has 0 saturated heterocycles. The minimum Gasteiger partial charge on any atom is -0.0616 e. The Bertz CT molecular complexity index is 2090. The fraction of sp³-hybridized carbons (Fsp3) is 0.105. The summed E-state index contributed by atoms with van der Waals surface area (Å²) in [5.74, 6) is 0. The molecule has 0 saturated carbocycles. The van der Waals surface area contributed by atoms with Gasteiger partial charge in [-0.1, -0.05) is 116 Å². The Morgan fingerprint density at radius 2 is 1.05 bits per heavy atom. The summed E-state index contributed by atoms with van der Waals surface area (Å²) in [7, 11) is 0. The van der Waals surface area contributed by atoms with Crippen LogP contribution < -0.4 is 0 Å². The maximum atomic E-state index is 2.44. The second kappa shape index (κ2) is 7.55. The van der Waals surface area contributed by atoms with E-state index >= 15 is 0 Å². The summed E-state index contributed by atoms with van der Waals surface area (Å²) in [6.45, 7) is 6.98. The van der Waals surface area contributed by atoms with Gasteiger partial charge in [0.15, 0.2) is 0 Å². The number of fused-ring (bicyclic) bond motifs is 3. The van der Waals surface area contributed by atoms with Crippen LogP contribution in [0.4, 0.5) is 0 Å². The Labute approximate surface area is 223 Å². The van der Waals surface area contributed by atoms with Crippen LogP contribution in [0.5, 0.6) is 0 Å². The van der Waals surface area contributed by atoms with Crippen LogP contribution in [0.2, 0.25) is 0 Å². The van der Waals surface area contributed by atoms with Crippen LogP contribution in [0.25, 0.3) is 65.3 Å². The lowest BCUT2D eigenvalue weighted by atomic mass is 9.80. The van der Waals surface area contributed by atoms with Gasteiger partial charge >= 0.3 is 0 Å². The molecule has 0 spiro atoms. The number of rotatable bonds is 2. The maximum Gasteiger partial charge on any atom is 0.0159 e. The molecule has 0 fully saturated rings. The molecule has 0 heteroatoms. The average Bonchev–Trinajstić information content (AvgIpc) is 3.18. The van der Waals surface area contributed by atoms with Crippen molar-refractivity contribution < 1.29 is 0 Å². The first-order valence-corrected chi connectivity index (χ1v) is 13.5. The molecule has 1 aliphatic rings. The van der Waals surface area contributed by atoms with Gasteiger partial charge in [-0.25, -0.2) is 0 Å². The summed E-state index contributed by atoms with van der Waals surface area (Å²) >= 11 is 0. The second-order valence-electron chi connectivity index (χ2n) is 11.5. The summed E-state index contributed by atoms with van der Waals surface area (Å²) in [5.41, 5.74) is 9.34. The molecule has 0 atom stereocenters. The lowest BCUT2D eigenvalue weighted by Crippen LogP contribution is -2.15. The Morgan fingerprint density at radius 1 is 0.447 bits per heavy atom. The first-order chi connectivity index (χ1) is 18.5. The van der Waals surface area contributed by atoms with E-state index in [9.17, 15) is 0 Å². The van der Waals surface area contributed by atoms with Crippen molar-refractivity contribution in [3.05, 3.63) is 132 Å². The molecule has 0 heterocycles. The van der Waals surface area contributed by atoms with E-state index in [0.29, 0.717) is 0 Å². The molecule has 0 aromatic heterocycles. The van der Waals surface area contributed by atoms with E-state index in [2.05, 4.69) is 136 Å². The molecule has 1 aliphatic carbocycles. The van der Waals surface area contributed by atoms with Crippen molar-refractivity contribution >= 4 is 43.1 Å². The highest BCUT2D eigenvalue weighted by Gasteiger charge is 2.34. The normalized spacial score (nSPS) is 13.9. The zero-order chi connectivity index (χ0) is 25.6. The van der Waals surface area contributed by atoms with Gasteiger partial charge in [0.05, 0.1) is 0 Å². The predicted molar refractivity (Wildman–Crippen MR) is 164 cm³/mol. The van der Waals surface area contributed by atoms with Crippen molar-refractivity contribution in [2.75, 3.05) is 0 Å². The number of aryl methyl sites for hydroxylation is 1. The molecular formula is C38H28. The highest BCUT2D eigenvalue weighted by molar-refractivity contribution is 6.16. The molecule has 7 aromatic carbocycles. The van der Waals surface area contributed by atoms with Crippen LogP contribution in [0.15, 0.2) is 115 Å². The monoisotopic (exact) mass is 484 g/mol. The number of hydrogen-bond donors (Lipinski definition) is 0. The average molecular weight is 485 g/mol. The fourth-order valence-electron chi connectivity index (χ4n) is 6.91. The van der Waals surface area contributed by atoms with Gasteiger partial charge in [0.1, 0.15) is 0 Å². The lowest BCUT2D eigenvalue weighted by molar-refractivity contribution is 0.662. The predicted octanol–water partition coefficient (Wildman–Crippen LogP) is 10.6. The zero-order valence-electron chi connectivity index (χ0n) is 22.0. The standard InChI is InChI=1S/C38H28/c1-23-18-27-16-17-28-20-29(22-35-37(28)36(27)34(19-23)38(35,2)3)24-12-14-25(15-13-24)33-21-26-8-4-5-9-30(26)31-10-6-7-11-32(31)33/h4-22H,1-3H3. The number of benzene rings is 7. The third kappa shape index (κ3) is 2.92. The summed E-state index contributed by atoms with van der Waals surface area (Å²) in [5, 5.41) is 10.8. The van der Waals surface area contributed by atoms with Gasteiger partial charge in [-0.3, -0.25) is 0 Å². The minimum absolute atomic E-state index is 0.00777. The summed E-state index contributed by atoms with van der Waals surface area (Å²) in [4.78, 5) is 0. The van der Waals surface area contributed by atoms with Crippen molar-refractivity contribution in [1.82, 2.24) is 0 Å². The molecule has 180 valence electrons. The van der Waals surface area contributed by atoms with Crippen LogP contribution in [0.1, 0.15) is 30.5 Å². The first kappa shape index (κ1) is 21.6. The molecule has 0 bridgehead atoms. The summed E-state index contributed by atoms with van der Waals surface area (Å²) < 4.78 is 0. The van der Waals surface area contributed by atoms with Crippen LogP contribution in [-0.2, 0) is 5.41 Å². The molecular weight excluding hydrogens is 456 g/mol. The van der Waals surface area contributed by atoms with E-state index < -0.39 is 0 Å². The second-order valence-corrected chi connectivity index (χ2v) is 11.5. The van der Waals surface area contributed by atoms with Crippen LogP contribution >= 0.6 is 0 Å². The van der Waals surface area contributed by atoms with Crippen LogP contribution in [0.3, 0.4) is 0 Å². The van der Waals surface area contributed by atoms with E-state index in [1.807, 2.05) is 0 Å². The Hall–Kier alpha value is -4.42. The van der Waals surface area contributed by atoms with Crippen molar-refractivity contribution in [3.8, 4) is 22.3 Å². The Morgan fingerprint density at radius 3 is 1.82 bits per heavy atom. The SMILES string of the molecule is Cc1cc2c3c(ccc4cc(-c5ccc(-c6cc7ccccc7c7ccccc67)cc5)cc(c43)C2(C)C)c1. The van der Waals surface area contributed by atoms with E-state index in [0.717, 1.165) is 0 Å². The molecule has 8 rings (SSSR count). The van der Waals surface area contributed by atoms with Crippen LogP contribution in [-0.4, -0.2) is 0 Å². The Kier molecular flexibility index (Phi) is 4.30.